The van der Waals surface area contributed by atoms with Crippen LogP contribution >= 0.6 is 0 Å². The van der Waals surface area contributed by atoms with E-state index in [-0.39, 0.29) is 24.0 Å². The van der Waals surface area contributed by atoms with Crippen LogP contribution in [0.25, 0.3) is 0 Å². The third kappa shape index (κ3) is 7.52. The standard InChI is InChI=1S/C29H42N2O7/c1-20(2)31(29(32)21-11-12-24(34-4)26(15-21)37-14-8-13-33-3)18-23-16-30-17-27(23)38-19-22-9-7-10-25(35-5)28(22)36-6/h7,9-12,15,20,23,27,30H,8,13-14,16-19H2,1-6H3. The maximum atomic E-state index is 13.7. The summed E-state index contributed by atoms with van der Waals surface area (Å²) < 4.78 is 33.7. The van der Waals surface area contributed by atoms with Gasteiger partial charge in [-0.3, -0.25) is 4.79 Å². The third-order valence-electron chi connectivity index (χ3n) is 6.69. The molecule has 1 N–H and O–H groups in total. The molecule has 2 aromatic carbocycles. The minimum atomic E-state index is -0.0514. The van der Waals surface area contributed by atoms with Crippen molar-refractivity contribution in [3.63, 3.8) is 0 Å². The highest BCUT2D eigenvalue weighted by molar-refractivity contribution is 5.95. The number of nitrogens with zero attached hydrogens (tertiary/aromatic N) is 1. The Bertz CT molecular complexity index is 1030. The van der Waals surface area contributed by atoms with Gasteiger partial charge in [0.05, 0.1) is 40.6 Å². The molecule has 0 radical (unpaired) electrons. The highest BCUT2D eigenvalue weighted by atomic mass is 16.5. The Morgan fingerprint density at radius 2 is 1.76 bits per heavy atom. The van der Waals surface area contributed by atoms with Gasteiger partial charge in [0.25, 0.3) is 5.91 Å². The van der Waals surface area contributed by atoms with Gasteiger partial charge in [0, 0.05) is 62.9 Å². The quantitative estimate of drug-likeness (QED) is 0.348. The predicted octanol–water partition coefficient (Wildman–Crippen LogP) is 3.78. The smallest absolute Gasteiger partial charge is 0.254 e. The Morgan fingerprint density at radius 1 is 0.974 bits per heavy atom. The van der Waals surface area contributed by atoms with Crippen molar-refractivity contribution in [1.82, 2.24) is 10.2 Å². The summed E-state index contributed by atoms with van der Waals surface area (Å²) in [4.78, 5) is 15.6. The second kappa shape index (κ2) is 14.8. The molecule has 1 heterocycles. The van der Waals surface area contributed by atoms with Crippen LogP contribution in [0.2, 0.25) is 0 Å². The first-order valence-corrected chi connectivity index (χ1v) is 13.1. The molecule has 1 aliphatic heterocycles. The fraction of sp³-hybridized carbons (Fsp3) is 0.552. The van der Waals surface area contributed by atoms with Gasteiger partial charge in [-0.1, -0.05) is 12.1 Å². The number of carbonyl (C=O) groups is 1. The summed E-state index contributed by atoms with van der Waals surface area (Å²) in [5, 5.41) is 3.42. The van der Waals surface area contributed by atoms with E-state index in [9.17, 15) is 4.79 Å². The van der Waals surface area contributed by atoms with Crippen LogP contribution in [0.4, 0.5) is 0 Å². The van der Waals surface area contributed by atoms with Crippen LogP contribution in [0.3, 0.4) is 0 Å². The molecule has 0 aromatic heterocycles. The molecule has 1 amide bonds. The molecule has 0 bridgehead atoms. The molecule has 9 nitrogen and oxygen atoms in total. The van der Waals surface area contributed by atoms with Crippen molar-refractivity contribution in [2.24, 2.45) is 5.92 Å². The Morgan fingerprint density at radius 3 is 2.45 bits per heavy atom. The van der Waals surface area contributed by atoms with E-state index in [1.54, 1.807) is 46.6 Å². The number of ether oxygens (including phenoxy) is 6. The van der Waals surface area contributed by atoms with E-state index in [0.29, 0.717) is 54.9 Å². The largest absolute Gasteiger partial charge is 0.493 e. The molecule has 2 atom stereocenters. The first kappa shape index (κ1) is 29.5. The summed E-state index contributed by atoms with van der Waals surface area (Å²) in [6.45, 7) is 7.59. The van der Waals surface area contributed by atoms with E-state index in [4.69, 9.17) is 28.4 Å². The minimum absolute atomic E-state index is 0.00963. The van der Waals surface area contributed by atoms with Crippen molar-refractivity contribution in [3.8, 4) is 23.0 Å². The topological polar surface area (TPSA) is 87.7 Å². The zero-order chi connectivity index (χ0) is 27.5. The number of nitrogens with one attached hydrogen (secondary N) is 1. The number of carbonyl (C=O) groups excluding carboxylic acids is 1. The Labute approximate surface area is 226 Å². The van der Waals surface area contributed by atoms with Gasteiger partial charge in [-0.05, 0) is 38.1 Å². The van der Waals surface area contributed by atoms with Crippen molar-refractivity contribution in [3.05, 3.63) is 47.5 Å². The van der Waals surface area contributed by atoms with Crippen LogP contribution in [-0.4, -0.2) is 84.2 Å². The number of benzene rings is 2. The molecule has 1 aliphatic rings. The molecular weight excluding hydrogens is 488 g/mol. The molecule has 0 aliphatic carbocycles. The lowest BCUT2D eigenvalue weighted by Gasteiger charge is -2.31. The molecule has 1 saturated heterocycles. The third-order valence-corrected chi connectivity index (χ3v) is 6.69. The summed E-state index contributed by atoms with van der Waals surface area (Å²) in [6, 6.07) is 11.1. The molecule has 38 heavy (non-hydrogen) atoms. The van der Waals surface area contributed by atoms with E-state index >= 15 is 0 Å². The molecular formula is C29H42N2O7. The van der Waals surface area contributed by atoms with Crippen molar-refractivity contribution in [2.45, 2.75) is 39.0 Å². The van der Waals surface area contributed by atoms with Gasteiger partial charge in [0.15, 0.2) is 23.0 Å². The van der Waals surface area contributed by atoms with E-state index in [1.807, 2.05) is 36.9 Å². The Balaban J connectivity index is 1.70. The van der Waals surface area contributed by atoms with Crippen LogP contribution in [0.15, 0.2) is 36.4 Å². The summed E-state index contributed by atoms with van der Waals surface area (Å²) in [5.74, 6) is 2.58. The molecule has 0 spiro atoms. The molecule has 2 unspecified atom stereocenters. The van der Waals surface area contributed by atoms with Crippen LogP contribution in [-0.2, 0) is 16.1 Å². The second-order valence-electron chi connectivity index (χ2n) is 9.53. The fourth-order valence-corrected chi connectivity index (χ4v) is 4.61. The lowest BCUT2D eigenvalue weighted by Crippen LogP contribution is -2.43. The van der Waals surface area contributed by atoms with E-state index < -0.39 is 0 Å². The van der Waals surface area contributed by atoms with Gasteiger partial charge in [0.2, 0.25) is 0 Å². The summed E-state index contributed by atoms with van der Waals surface area (Å²) >= 11 is 0. The highest BCUT2D eigenvalue weighted by Crippen LogP contribution is 2.32. The maximum absolute atomic E-state index is 13.7. The summed E-state index contributed by atoms with van der Waals surface area (Å²) in [6.07, 6.45) is 0.698. The SMILES string of the molecule is COCCCOc1cc(C(=O)N(CC2CNCC2OCc2cccc(OC)c2OC)C(C)C)ccc1OC. The van der Waals surface area contributed by atoms with Crippen LogP contribution in [0.1, 0.15) is 36.2 Å². The monoisotopic (exact) mass is 530 g/mol. The number of amides is 1. The van der Waals surface area contributed by atoms with E-state index in [1.165, 1.54) is 0 Å². The van der Waals surface area contributed by atoms with Crippen LogP contribution in [0.5, 0.6) is 23.0 Å². The molecule has 9 heteroatoms. The average Bonchev–Trinajstić information content (AvgIpc) is 3.38. The van der Waals surface area contributed by atoms with Gasteiger partial charge < -0.3 is 38.6 Å². The van der Waals surface area contributed by atoms with Gasteiger partial charge in [-0.2, -0.15) is 0 Å². The lowest BCUT2D eigenvalue weighted by molar-refractivity contribution is 0.0121. The zero-order valence-electron chi connectivity index (χ0n) is 23.5. The molecule has 3 rings (SSSR count). The van der Waals surface area contributed by atoms with Gasteiger partial charge in [-0.25, -0.2) is 0 Å². The van der Waals surface area contributed by atoms with Gasteiger partial charge in [-0.15, -0.1) is 0 Å². The van der Waals surface area contributed by atoms with Crippen molar-refractivity contribution < 1.29 is 33.2 Å². The van der Waals surface area contributed by atoms with Crippen LogP contribution in [0, 0.1) is 5.92 Å². The number of para-hydroxylation sites is 1. The summed E-state index contributed by atoms with van der Waals surface area (Å²) in [5.41, 5.74) is 1.48. The molecule has 210 valence electrons. The number of methoxy groups -OCH3 is 4. The number of hydrogen-bond acceptors (Lipinski definition) is 8. The number of rotatable bonds is 15. The lowest BCUT2D eigenvalue weighted by atomic mass is 10.0. The van der Waals surface area contributed by atoms with E-state index in [2.05, 4.69) is 5.32 Å². The Hall–Kier alpha value is -3.01. The Kier molecular flexibility index (Phi) is 11.5. The van der Waals surface area contributed by atoms with Crippen molar-refractivity contribution in [2.75, 3.05) is 61.3 Å². The number of hydrogen-bond donors (Lipinski definition) is 1. The van der Waals surface area contributed by atoms with Crippen molar-refractivity contribution in [1.29, 1.82) is 0 Å². The second-order valence-corrected chi connectivity index (χ2v) is 9.53. The van der Waals surface area contributed by atoms with E-state index in [0.717, 1.165) is 25.1 Å². The minimum Gasteiger partial charge on any atom is -0.493 e. The molecule has 2 aromatic rings. The predicted molar refractivity (Wildman–Crippen MR) is 146 cm³/mol. The fourth-order valence-electron chi connectivity index (χ4n) is 4.61. The zero-order valence-corrected chi connectivity index (χ0v) is 23.5. The molecule has 0 saturated carbocycles. The highest BCUT2D eigenvalue weighted by Gasteiger charge is 2.32. The van der Waals surface area contributed by atoms with Crippen molar-refractivity contribution >= 4 is 5.91 Å². The first-order chi connectivity index (χ1) is 18.4. The average molecular weight is 531 g/mol. The maximum Gasteiger partial charge on any atom is 0.254 e. The van der Waals surface area contributed by atoms with Crippen LogP contribution < -0.4 is 24.3 Å². The normalized spacial score (nSPS) is 16.9. The summed E-state index contributed by atoms with van der Waals surface area (Å²) in [7, 11) is 6.50. The molecule has 1 fully saturated rings. The first-order valence-electron chi connectivity index (χ1n) is 13.1. The van der Waals surface area contributed by atoms with Gasteiger partial charge >= 0.3 is 0 Å². The van der Waals surface area contributed by atoms with Gasteiger partial charge in [0.1, 0.15) is 0 Å².